The van der Waals surface area contributed by atoms with Crippen LogP contribution in [-0.2, 0) is 0 Å². The van der Waals surface area contributed by atoms with Gasteiger partial charge in [0, 0.05) is 0 Å². The Morgan fingerprint density at radius 3 is 2.91 bits per heavy atom. The van der Waals surface area contributed by atoms with E-state index in [1.54, 1.807) is 0 Å². The zero-order valence-electron chi connectivity index (χ0n) is 6.51. The lowest BCUT2D eigenvalue weighted by molar-refractivity contribution is 1.04. The first-order chi connectivity index (χ1) is 5.33. The topological polar surface area (TPSA) is 37.8 Å². The van der Waals surface area contributed by atoms with Crippen LogP contribution in [0, 0.1) is 18.8 Å². The van der Waals surface area contributed by atoms with E-state index in [0.29, 0.717) is 6.54 Å². The zero-order chi connectivity index (χ0) is 8.10. The van der Waals surface area contributed by atoms with Crippen molar-refractivity contribution in [1.29, 1.82) is 0 Å². The van der Waals surface area contributed by atoms with Gasteiger partial charge < -0.3 is 5.32 Å². The van der Waals surface area contributed by atoms with Gasteiger partial charge in [0.15, 0.2) is 0 Å². The van der Waals surface area contributed by atoms with Crippen molar-refractivity contribution in [3.8, 4) is 11.8 Å². The molecule has 1 rings (SSSR count). The predicted octanol–water partition coefficient (Wildman–Crippen LogP) is 1.28. The summed E-state index contributed by atoms with van der Waals surface area (Å²) in [6, 6.07) is 0. The zero-order valence-corrected chi connectivity index (χ0v) is 7.33. The van der Waals surface area contributed by atoms with Gasteiger partial charge in [0.2, 0.25) is 5.13 Å². The molecule has 0 fully saturated rings. The second kappa shape index (κ2) is 3.94. The predicted molar refractivity (Wildman–Crippen MR) is 46.6 cm³/mol. The maximum absolute atomic E-state index is 3.88. The fourth-order valence-corrected chi connectivity index (χ4v) is 1.16. The molecular weight excluding hydrogens is 158 g/mol. The Morgan fingerprint density at radius 1 is 1.55 bits per heavy atom. The summed E-state index contributed by atoms with van der Waals surface area (Å²) in [7, 11) is 0. The van der Waals surface area contributed by atoms with Crippen molar-refractivity contribution in [3.63, 3.8) is 0 Å². The minimum atomic E-state index is 0.644. The van der Waals surface area contributed by atoms with Gasteiger partial charge in [0.05, 0.1) is 6.54 Å². The molecule has 0 aliphatic carbocycles. The third kappa shape index (κ3) is 2.56. The Kier molecular flexibility index (Phi) is 2.87. The Balaban J connectivity index is 2.43. The average Bonchev–Trinajstić information content (AvgIpc) is 2.37. The summed E-state index contributed by atoms with van der Waals surface area (Å²) in [5.74, 6) is 5.67. The van der Waals surface area contributed by atoms with Crippen LogP contribution in [0.15, 0.2) is 0 Å². The van der Waals surface area contributed by atoms with Crippen LogP contribution in [0.1, 0.15) is 11.9 Å². The molecule has 0 aromatic carbocycles. The van der Waals surface area contributed by atoms with Crippen molar-refractivity contribution in [3.05, 3.63) is 5.01 Å². The van der Waals surface area contributed by atoms with Crippen LogP contribution in [0.4, 0.5) is 5.13 Å². The number of rotatable bonds is 2. The molecule has 11 heavy (non-hydrogen) atoms. The minimum Gasteiger partial charge on any atom is -0.349 e. The van der Waals surface area contributed by atoms with Gasteiger partial charge in [-0.15, -0.1) is 16.1 Å². The second-order valence-electron chi connectivity index (χ2n) is 1.91. The fraction of sp³-hybridized carbons (Fsp3) is 0.429. The molecule has 0 unspecified atom stereocenters. The van der Waals surface area contributed by atoms with E-state index in [-0.39, 0.29) is 0 Å². The highest BCUT2D eigenvalue weighted by molar-refractivity contribution is 7.15. The molecule has 4 heteroatoms. The van der Waals surface area contributed by atoms with Crippen LogP contribution < -0.4 is 5.32 Å². The van der Waals surface area contributed by atoms with Gasteiger partial charge in [-0.3, -0.25) is 0 Å². The fourth-order valence-electron chi connectivity index (χ4n) is 0.576. The minimum absolute atomic E-state index is 0.644. The van der Waals surface area contributed by atoms with Crippen LogP contribution in [-0.4, -0.2) is 16.7 Å². The van der Waals surface area contributed by atoms with E-state index in [9.17, 15) is 0 Å². The number of hydrogen-bond donors (Lipinski definition) is 1. The highest BCUT2D eigenvalue weighted by Gasteiger charge is 1.95. The van der Waals surface area contributed by atoms with Crippen molar-refractivity contribution in [1.82, 2.24) is 10.2 Å². The van der Waals surface area contributed by atoms with Crippen molar-refractivity contribution >= 4 is 16.5 Å². The highest BCUT2D eigenvalue weighted by Crippen LogP contribution is 2.12. The molecule has 58 valence electrons. The number of anilines is 1. The molecule has 0 radical (unpaired) electrons. The number of hydrogen-bond acceptors (Lipinski definition) is 4. The van der Waals surface area contributed by atoms with Crippen molar-refractivity contribution < 1.29 is 0 Å². The molecule has 1 aromatic rings. The van der Waals surface area contributed by atoms with E-state index < -0.39 is 0 Å². The largest absolute Gasteiger partial charge is 0.349 e. The summed E-state index contributed by atoms with van der Waals surface area (Å²) in [6.07, 6.45) is 0. The number of aromatic nitrogens is 2. The Morgan fingerprint density at radius 2 is 2.36 bits per heavy atom. The summed E-state index contributed by atoms with van der Waals surface area (Å²) in [4.78, 5) is 0. The summed E-state index contributed by atoms with van der Waals surface area (Å²) in [6.45, 7) is 4.38. The first-order valence-electron chi connectivity index (χ1n) is 3.26. The van der Waals surface area contributed by atoms with E-state index in [0.717, 1.165) is 10.1 Å². The Hall–Kier alpha value is -1.08. The Labute approximate surface area is 69.9 Å². The molecule has 1 heterocycles. The third-order valence-electron chi connectivity index (χ3n) is 1.03. The van der Waals surface area contributed by atoms with Crippen molar-refractivity contribution in [2.45, 2.75) is 13.8 Å². The molecule has 3 nitrogen and oxygen atoms in total. The van der Waals surface area contributed by atoms with Crippen LogP contribution in [0.25, 0.3) is 0 Å². The van der Waals surface area contributed by atoms with E-state index in [4.69, 9.17) is 0 Å². The molecule has 1 aromatic heterocycles. The molecule has 0 saturated heterocycles. The van der Waals surface area contributed by atoms with Gasteiger partial charge >= 0.3 is 0 Å². The maximum atomic E-state index is 3.88. The number of nitrogens with zero attached hydrogens (tertiary/aromatic N) is 2. The molecule has 0 bridgehead atoms. The maximum Gasteiger partial charge on any atom is 0.206 e. The van der Waals surface area contributed by atoms with Gasteiger partial charge in [-0.25, -0.2) is 0 Å². The lowest BCUT2D eigenvalue weighted by atomic mass is 10.6. The highest BCUT2D eigenvalue weighted by atomic mass is 32.1. The quantitative estimate of drug-likeness (QED) is 0.674. The van der Waals surface area contributed by atoms with Gasteiger partial charge in [-0.1, -0.05) is 17.3 Å². The van der Waals surface area contributed by atoms with Crippen LogP contribution in [0.2, 0.25) is 0 Å². The first kappa shape index (κ1) is 8.02. The number of nitrogens with one attached hydrogen (secondary N) is 1. The van der Waals surface area contributed by atoms with E-state index >= 15 is 0 Å². The summed E-state index contributed by atoms with van der Waals surface area (Å²) in [5, 5.41) is 12.6. The molecule has 0 aliphatic heterocycles. The molecular formula is C7H9N3S. The standard InChI is InChI=1S/C7H9N3S/c1-3-4-5-8-7-10-9-6(2)11-7/h5H2,1-2H3,(H,8,10). The smallest absolute Gasteiger partial charge is 0.206 e. The normalized spacial score (nSPS) is 8.55. The van der Waals surface area contributed by atoms with Crippen LogP contribution >= 0.6 is 11.3 Å². The van der Waals surface area contributed by atoms with Gasteiger partial charge in [0.25, 0.3) is 0 Å². The van der Waals surface area contributed by atoms with Crippen LogP contribution in [0.5, 0.6) is 0 Å². The monoisotopic (exact) mass is 167 g/mol. The van der Waals surface area contributed by atoms with E-state index in [2.05, 4.69) is 27.4 Å². The second-order valence-corrected chi connectivity index (χ2v) is 3.09. The molecule has 0 amide bonds. The average molecular weight is 167 g/mol. The molecule has 0 aliphatic rings. The van der Waals surface area contributed by atoms with Crippen molar-refractivity contribution in [2.24, 2.45) is 0 Å². The van der Waals surface area contributed by atoms with Gasteiger partial charge in [-0.05, 0) is 13.8 Å². The lowest BCUT2D eigenvalue weighted by Gasteiger charge is -1.90. The SMILES string of the molecule is CC#CCNc1nnc(C)s1. The molecule has 0 spiro atoms. The third-order valence-corrected chi connectivity index (χ3v) is 1.83. The van der Waals surface area contributed by atoms with Gasteiger partial charge in [-0.2, -0.15) is 0 Å². The van der Waals surface area contributed by atoms with Gasteiger partial charge in [0.1, 0.15) is 5.01 Å². The van der Waals surface area contributed by atoms with E-state index in [1.807, 2.05) is 13.8 Å². The van der Waals surface area contributed by atoms with Crippen molar-refractivity contribution in [2.75, 3.05) is 11.9 Å². The van der Waals surface area contributed by atoms with E-state index in [1.165, 1.54) is 11.3 Å². The molecule has 0 saturated carbocycles. The first-order valence-corrected chi connectivity index (χ1v) is 4.08. The molecule has 0 atom stereocenters. The Bertz CT molecular complexity index is 281. The summed E-state index contributed by atoms with van der Waals surface area (Å²) >= 11 is 1.54. The molecule has 1 N–H and O–H groups in total. The lowest BCUT2D eigenvalue weighted by Crippen LogP contribution is -1.97. The summed E-state index contributed by atoms with van der Waals surface area (Å²) in [5.41, 5.74) is 0. The summed E-state index contributed by atoms with van der Waals surface area (Å²) < 4.78 is 0. The van der Waals surface area contributed by atoms with Crippen LogP contribution in [0.3, 0.4) is 0 Å². The number of aryl methyl sites for hydroxylation is 1.